The molecular weight excluding hydrogens is 288 g/mol. The molecule has 0 atom stereocenters. The Morgan fingerprint density at radius 1 is 0.952 bits per heavy atom. The van der Waals surface area contributed by atoms with Crippen LogP contribution in [-0.2, 0) is 22.2 Å². The van der Waals surface area contributed by atoms with E-state index in [0.717, 1.165) is 10.9 Å². The van der Waals surface area contributed by atoms with E-state index in [2.05, 4.69) is 0 Å². The van der Waals surface area contributed by atoms with Crippen LogP contribution in [-0.4, -0.2) is 13.5 Å². The van der Waals surface area contributed by atoms with Crippen molar-refractivity contribution in [3.8, 4) is 0 Å². The first-order chi connectivity index (χ1) is 10.1. The molecular formula is C16H14O4S. The molecule has 0 saturated carbocycles. The molecule has 0 amide bonds. The lowest BCUT2D eigenvalue weighted by Gasteiger charge is -2.05. The Hall–Kier alpha value is -2.11. The quantitative estimate of drug-likeness (QED) is 0.804. The number of benzene rings is 2. The molecule has 3 rings (SSSR count). The topological polar surface area (TPSA) is 67.5 Å². The molecule has 0 fully saturated rings. The number of hydrogen-bond acceptors (Lipinski definition) is 4. The fourth-order valence-electron chi connectivity index (χ4n) is 2.18. The summed E-state index contributed by atoms with van der Waals surface area (Å²) in [4.78, 5) is 0.280. The molecule has 0 radical (unpaired) electrons. The van der Waals surface area contributed by atoms with Crippen LogP contribution in [0.5, 0.6) is 0 Å². The predicted molar refractivity (Wildman–Crippen MR) is 79.5 cm³/mol. The van der Waals surface area contributed by atoms with Crippen LogP contribution in [0.3, 0.4) is 0 Å². The van der Waals surface area contributed by atoms with Gasteiger partial charge in [0.1, 0.15) is 5.58 Å². The minimum atomic E-state index is -3.41. The Morgan fingerprint density at radius 3 is 2.38 bits per heavy atom. The SMILES string of the molecule is O=S(=O)(Cc1ccc(CO)cc1)c1ccc2occc2c1. The van der Waals surface area contributed by atoms with Gasteiger partial charge < -0.3 is 9.52 Å². The van der Waals surface area contributed by atoms with E-state index in [0.29, 0.717) is 11.1 Å². The molecule has 21 heavy (non-hydrogen) atoms. The first kappa shape index (κ1) is 13.9. The van der Waals surface area contributed by atoms with Gasteiger partial charge in [-0.25, -0.2) is 8.42 Å². The highest BCUT2D eigenvalue weighted by Crippen LogP contribution is 2.23. The molecule has 1 aromatic heterocycles. The largest absolute Gasteiger partial charge is 0.464 e. The van der Waals surface area contributed by atoms with Gasteiger partial charge in [0.15, 0.2) is 9.84 Å². The van der Waals surface area contributed by atoms with Gasteiger partial charge >= 0.3 is 0 Å². The molecule has 0 aliphatic rings. The molecule has 0 bridgehead atoms. The van der Waals surface area contributed by atoms with E-state index in [1.54, 1.807) is 48.5 Å². The summed E-state index contributed by atoms with van der Waals surface area (Å²) in [5.41, 5.74) is 2.12. The summed E-state index contributed by atoms with van der Waals surface area (Å²) < 4.78 is 30.1. The zero-order valence-electron chi connectivity index (χ0n) is 11.2. The smallest absolute Gasteiger partial charge is 0.182 e. The third-order valence-electron chi connectivity index (χ3n) is 3.35. The van der Waals surface area contributed by atoms with Crippen molar-refractivity contribution >= 4 is 20.8 Å². The van der Waals surface area contributed by atoms with Gasteiger partial charge in [-0.1, -0.05) is 24.3 Å². The van der Waals surface area contributed by atoms with Gasteiger partial charge in [-0.3, -0.25) is 0 Å². The van der Waals surface area contributed by atoms with Crippen molar-refractivity contribution in [3.63, 3.8) is 0 Å². The van der Waals surface area contributed by atoms with Crippen molar-refractivity contribution in [2.75, 3.05) is 0 Å². The lowest BCUT2D eigenvalue weighted by molar-refractivity contribution is 0.282. The molecule has 5 heteroatoms. The molecule has 0 aliphatic carbocycles. The fraction of sp³-hybridized carbons (Fsp3) is 0.125. The summed E-state index contributed by atoms with van der Waals surface area (Å²) in [6.07, 6.45) is 1.54. The number of furan rings is 1. The summed E-state index contributed by atoms with van der Waals surface area (Å²) in [5.74, 6) is -0.0674. The second-order valence-corrected chi connectivity index (χ2v) is 6.84. The normalized spacial score (nSPS) is 11.9. The predicted octanol–water partition coefficient (Wildman–Crippen LogP) is 2.90. The third kappa shape index (κ3) is 2.84. The molecule has 0 saturated heterocycles. The van der Waals surface area contributed by atoms with Crippen LogP contribution in [0.25, 0.3) is 11.0 Å². The maximum atomic E-state index is 12.4. The standard InChI is InChI=1S/C16H14O4S/c17-10-12-1-3-13(4-2-12)11-21(18,19)15-5-6-16-14(9-15)7-8-20-16/h1-9,17H,10-11H2. The number of aliphatic hydroxyl groups is 1. The molecule has 108 valence electrons. The third-order valence-corrected chi connectivity index (χ3v) is 5.03. The molecule has 3 aromatic rings. The molecule has 1 heterocycles. The number of rotatable bonds is 4. The number of hydrogen-bond donors (Lipinski definition) is 1. The lowest BCUT2D eigenvalue weighted by atomic mass is 10.2. The second-order valence-electron chi connectivity index (χ2n) is 4.85. The Morgan fingerprint density at radius 2 is 1.67 bits per heavy atom. The van der Waals surface area contributed by atoms with Crippen LogP contribution in [0.15, 0.2) is 64.1 Å². The molecule has 0 aliphatic heterocycles. The molecule has 0 spiro atoms. The van der Waals surface area contributed by atoms with E-state index in [1.807, 2.05) is 0 Å². The summed E-state index contributed by atoms with van der Waals surface area (Å²) in [6.45, 7) is -0.0514. The average Bonchev–Trinajstić information content (AvgIpc) is 2.95. The van der Waals surface area contributed by atoms with E-state index in [4.69, 9.17) is 9.52 Å². The zero-order chi connectivity index (χ0) is 14.9. The minimum Gasteiger partial charge on any atom is -0.464 e. The number of aliphatic hydroxyl groups excluding tert-OH is 1. The van der Waals surface area contributed by atoms with Crippen LogP contribution in [0.4, 0.5) is 0 Å². The van der Waals surface area contributed by atoms with Crippen molar-refractivity contribution in [1.29, 1.82) is 0 Å². The van der Waals surface area contributed by atoms with Crippen molar-refractivity contribution in [2.24, 2.45) is 0 Å². The monoisotopic (exact) mass is 302 g/mol. The van der Waals surface area contributed by atoms with Crippen molar-refractivity contribution < 1.29 is 17.9 Å². The molecule has 0 unspecified atom stereocenters. The van der Waals surface area contributed by atoms with E-state index in [9.17, 15) is 8.42 Å². The van der Waals surface area contributed by atoms with Gasteiger partial charge in [-0.2, -0.15) is 0 Å². The van der Waals surface area contributed by atoms with Gasteiger partial charge in [-0.15, -0.1) is 0 Å². The first-order valence-corrected chi connectivity index (χ1v) is 8.12. The van der Waals surface area contributed by atoms with Gasteiger partial charge in [0, 0.05) is 5.39 Å². The highest BCUT2D eigenvalue weighted by atomic mass is 32.2. The minimum absolute atomic E-state index is 0.0514. The Labute approximate surface area is 122 Å². The summed E-state index contributed by atoms with van der Waals surface area (Å²) in [5, 5.41) is 9.76. The lowest BCUT2D eigenvalue weighted by Crippen LogP contribution is -2.05. The van der Waals surface area contributed by atoms with E-state index in [-0.39, 0.29) is 17.3 Å². The van der Waals surface area contributed by atoms with Gasteiger partial charge in [-0.05, 0) is 35.4 Å². The van der Waals surface area contributed by atoms with Gasteiger partial charge in [0.2, 0.25) is 0 Å². The Kier molecular flexibility index (Phi) is 3.53. The van der Waals surface area contributed by atoms with Crippen LogP contribution in [0.2, 0.25) is 0 Å². The van der Waals surface area contributed by atoms with Crippen molar-refractivity contribution in [3.05, 3.63) is 65.9 Å². The summed E-state index contributed by atoms with van der Waals surface area (Å²) in [6, 6.07) is 13.5. The number of sulfone groups is 1. The number of fused-ring (bicyclic) bond motifs is 1. The molecule has 4 nitrogen and oxygen atoms in total. The Balaban J connectivity index is 1.91. The molecule has 2 aromatic carbocycles. The summed E-state index contributed by atoms with van der Waals surface area (Å²) >= 11 is 0. The van der Waals surface area contributed by atoms with E-state index < -0.39 is 9.84 Å². The highest BCUT2D eigenvalue weighted by Gasteiger charge is 2.16. The first-order valence-electron chi connectivity index (χ1n) is 6.47. The van der Waals surface area contributed by atoms with Crippen LogP contribution < -0.4 is 0 Å². The van der Waals surface area contributed by atoms with E-state index >= 15 is 0 Å². The van der Waals surface area contributed by atoms with E-state index in [1.165, 1.54) is 6.26 Å². The van der Waals surface area contributed by atoms with Crippen molar-refractivity contribution in [1.82, 2.24) is 0 Å². The van der Waals surface area contributed by atoms with Crippen molar-refractivity contribution in [2.45, 2.75) is 17.3 Å². The van der Waals surface area contributed by atoms with Crippen LogP contribution in [0.1, 0.15) is 11.1 Å². The Bertz CT molecular complexity index is 861. The van der Waals surface area contributed by atoms with Gasteiger partial charge in [0.25, 0.3) is 0 Å². The average molecular weight is 302 g/mol. The maximum absolute atomic E-state index is 12.4. The fourth-order valence-corrected chi connectivity index (χ4v) is 3.56. The zero-order valence-corrected chi connectivity index (χ0v) is 12.0. The second kappa shape index (κ2) is 5.35. The van der Waals surface area contributed by atoms with Gasteiger partial charge in [0.05, 0.1) is 23.5 Å². The maximum Gasteiger partial charge on any atom is 0.182 e. The van der Waals surface area contributed by atoms with Crippen LogP contribution in [0, 0.1) is 0 Å². The molecule has 1 N–H and O–H groups in total. The van der Waals surface area contributed by atoms with Crippen LogP contribution >= 0.6 is 0 Å². The summed E-state index contributed by atoms with van der Waals surface area (Å²) in [7, 11) is -3.41. The highest BCUT2D eigenvalue weighted by molar-refractivity contribution is 7.90.